The molecule has 0 aliphatic carbocycles. The quantitative estimate of drug-likeness (QED) is 0.216. The lowest BCUT2D eigenvalue weighted by molar-refractivity contribution is -0.139. The van der Waals surface area contributed by atoms with Crippen LogP contribution in [-0.4, -0.2) is 59.0 Å². The molecule has 0 heterocycles. The minimum absolute atomic E-state index is 0.0193. The van der Waals surface area contributed by atoms with Gasteiger partial charge in [-0.1, -0.05) is 54.1 Å². The van der Waals surface area contributed by atoms with Gasteiger partial charge in [-0.25, -0.2) is 12.8 Å². The summed E-state index contributed by atoms with van der Waals surface area (Å²) >= 11 is 6.09. The van der Waals surface area contributed by atoms with Crippen molar-refractivity contribution in [3.8, 4) is 11.5 Å². The number of anilines is 1. The standard InChI is InChI=1S/C33H33ClFN3O6S/c1-36-33(40)29(19-23-7-5-4-6-8-23)37(21-24-9-11-25(34)12-10-24)32(39)22-38(27-15-13-26(35)14-16-27)45(41,42)28-17-18-30(43-2)31(20-28)44-3/h4-18,20,29H,19,21-22H2,1-3H3,(H,36,40). The minimum Gasteiger partial charge on any atom is -0.493 e. The maximum absolute atomic E-state index is 14.3. The SMILES string of the molecule is CNC(=O)C(Cc1ccccc1)N(Cc1ccc(Cl)cc1)C(=O)CN(c1ccc(F)cc1)S(=O)(=O)c1ccc(OC)c(OC)c1. The van der Waals surface area contributed by atoms with Gasteiger partial charge in [0.25, 0.3) is 10.0 Å². The van der Waals surface area contributed by atoms with Crippen LogP contribution < -0.4 is 19.1 Å². The number of ether oxygens (including phenoxy) is 2. The van der Waals surface area contributed by atoms with Gasteiger partial charge in [0.2, 0.25) is 11.8 Å². The molecule has 0 spiro atoms. The zero-order valence-corrected chi connectivity index (χ0v) is 26.5. The molecule has 2 amide bonds. The Hall–Kier alpha value is -4.61. The summed E-state index contributed by atoms with van der Waals surface area (Å²) in [5, 5.41) is 3.13. The predicted octanol–water partition coefficient (Wildman–Crippen LogP) is 5.08. The number of sulfonamides is 1. The van der Waals surface area contributed by atoms with E-state index in [4.69, 9.17) is 21.1 Å². The zero-order valence-electron chi connectivity index (χ0n) is 24.9. The molecule has 0 radical (unpaired) electrons. The molecule has 236 valence electrons. The third-order valence-corrected chi connectivity index (χ3v) is 9.14. The lowest BCUT2D eigenvalue weighted by atomic mass is 10.0. The molecule has 0 aromatic heterocycles. The number of methoxy groups -OCH3 is 2. The van der Waals surface area contributed by atoms with E-state index in [0.717, 1.165) is 22.0 Å². The van der Waals surface area contributed by atoms with Crippen molar-refractivity contribution < 1.29 is 31.9 Å². The molecule has 4 rings (SSSR count). The van der Waals surface area contributed by atoms with E-state index in [0.29, 0.717) is 16.3 Å². The molecular weight excluding hydrogens is 621 g/mol. The van der Waals surface area contributed by atoms with Gasteiger partial charge in [0.15, 0.2) is 11.5 Å². The highest BCUT2D eigenvalue weighted by molar-refractivity contribution is 7.92. The van der Waals surface area contributed by atoms with Crippen LogP contribution in [0.5, 0.6) is 11.5 Å². The smallest absolute Gasteiger partial charge is 0.264 e. The number of carbonyl (C=O) groups excluding carboxylic acids is 2. The Morgan fingerprint density at radius 2 is 1.51 bits per heavy atom. The molecule has 0 saturated heterocycles. The summed E-state index contributed by atoms with van der Waals surface area (Å²) < 4.78 is 53.7. The molecule has 4 aromatic rings. The van der Waals surface area contributed by atoms with Gasteiger partial charge >= 0.3 is 0 Å². The van der Waals surface area contributed by atoms with E-state index in [1.165, 1.54) is 56.5 Å². The Balaban J connectivity index is 1.80. The van der Waals surface area contributed by atoms with Gasteiger partial charge in [-0.3, -0.25) is 13.9 Å². The highest BCUT2D eigenvalue weighted by Crippen LogP contribution is 2.32. The predicted molar refractivity (Wildman–Crippen MR) is 170 cm³/mol. The van der Waals surface area contributed by atoms with Gasteiger partial charge in [-0.15, -0.1) is 0 Å². The average Bonchev–Trinajstić information content (AvgIpc) is 3.06. The summed E-state index contributed by atoms with van der Waals surface area (Å²) in [6.45, 7) is -0.716. The lowest BCUT2D eigenvalue weighted by Crippen LogP contribution is -2.53. The molecule has 0 bridgehead atoms. The highest BCUT2D eigenvalue weighted by atomic mass is 35.5. The van der Waals surface area contributed by atoms with Crippen molar-refractivity contribution in [3.05, 3.63) is 119 Å². The van der Waals surface area contributed by atoms with Gasteiger partial charge in [-0.05, 0) is 59.7 Å². The van der Waals surface area contributed by atoms with Crippen molar-refractivity contribution in [2.45, 2.75) is 23.9 Å². The first-order valence-corrected chi connectivity index (χ1v) is 15.7. The van der Waals surface area contributed by atoms with E-state index in [1.807, 2.05) is 30.3 Å². The highest BCUT2D eigenvalue weighted by Gasteiger charge is 2.34. The number of halogens is 2. The molecule has 0 aliphatic heterocycles. The van der Waals surface area contributed by atoms with Crippen molar-refractivity contribution >= 4 is 39.1 Å². The largest absolute Gasteiger partial charge is 0.493 e. The summed E-state index contributed by atoms with van der Waals surface area (Å²) in [7, 11) is -0.172. The molecule has 45 heavy (non-hydrogen) atoms. The Morgan fingerprint density at radius 3 is 2.11 bits per heavy atom. The number of nitrogens with one attached hydrogen (secondary N) is 1. The molecule has 9 nitrogen and oxygen atoms in total. The number of amides is 2. The second-order valence-corrected chi connectivity index (χ2v) is 12.3. The van der Waals surface area contributed by atoms with Gasteiger partial charge in [-0.2, -0.15) is 0 Å². The van der Waals surface area contributed by atoms with E-state index in [9.17, 15) is 22.4 Å². The van der Waals surface area contributed by atoms with E-state index in [2.05, 4.69) is 5.32 Å². The van der Waals surface area contributed by atoms with Crippen LogP contribution in [0.2, 0.25) is 5.02 Å². The molecule has 1 atom stereocenters. The fourth-order valence-corrected chi connectivity index (χ4v) is 6.30. The zero-order chi connectivity index (χ0) is 32.6. The number of carbonyl (C=O) groups is 2. The van der Waals surface area contributed by atoms with Crippen LogP contribution in [0.15, 0.2) is 102 Å². The molecule has 0 fully saturated rings. The van der Waals surface area contributed by atoms with Crippen molar-refractivity contribution in [1.29, 1.82) is 0 Å². The third-order valence-electron chi connectivity index (χ3n) is 7.12. The van der Waals surface area contributed by atoms with Crippen molar-refractivity contribution in [3.63, 3.8) is 0 Å². The minimum atomic E-state index is -4.43. The van der Waals surface area contributed by atoms with E-state index >= 15 is 0 Å². The van der Waals surface area contributed by atoms with Crippen LogP contribution in [0.25, 0.3) is 0 Å². The molecule has 4 aromatic carbocycles. The van der Waals surface area contributed by atoms with Crippen molar-refractivity contribution in [2.24, 2.45) is 0 Å². The van der Waals surface area contributed by atoms with Crippen molar-refractivity contribution in [2.75, 3.05) is 32.1 Å². The van der Waals surface area contributed by atoms with Crippen LogP contribution in [0.3, 0.4) is 0 Å². The Labute approximate surface area is 267 Å². The molecule has 1 N–H and O–H groups in total. The Bertz CT molecular complexity index is 1720. The van der Waals surface area contributed by atoms with Crippen LogP contribution in [0.4, 0.5) is 10.1 Å². The number of hydrogen-bond donors (Lipinski definition) is 1. The van der Waals surface area contributed by atoms with E-state index in [-0.39, 0.29) is 29.3 Å². The van der Waals surface area contributed by atoms with Crippen LogP contribution in [-0.2, 0) is 32.6 Å². The summed E-state index contributed by atoms with van der Waals surface area (Å²) in [5.41, 5.74) is 1.52. The van der Waals surface area contributed by atoms with Crippen LogP contribution in [0, 0.1) is 5.82 Å². The third kappa shape index (κ3) is 8.11. The van der Waals surface area contributed by atoms with Crippen molar-refractivity contribution in [1.82, 2.24) is 10.2 Å². The summed E-state index contributed by atoms with van der Waals surface area (Å²) in [6.07, 6.45) is 0.165. The summed E-state index contributed by atoms with van der Waals surface area (Å²) in [6, 6.07) is 23.7. The average molecular weight is 654 g/mol. The maximum atomic E-state index is 14.3. The van der Waals surface area contributed by atoms with Gasteiger partial charge in [0.05, 0.1) is 24.8 Å². The van der Waals surface area contributed by atoms with E-state index in [1.54, 1.807) is 24.3 Å². The van der Waals surface area contributed by atoms with Crippen LogP contribution in [0.1, 0.15) is 11.1 Å². The normalized spacial score (nSPS) is 11.8. The van der Waals surface area contributed by atoms with Gasteiger partial charge in [0.1, 0.15) is 18.4 Å². The topological polar surface area (TPSA) is 105 Å². The fraction of sp³-hybridized carbons (Fsp3) is 0.212. The molecule has 1 unspecified atom stereocenters. The summed E-state index contributed by atoms with van der Waals surface area (Å²) in [5.74, 6) is -1.21. The van der Waals surface area contributed by atoms with Gasteiger partial charge in [0, 0.05) is 31.1 Å². The number of hydrogen-bond acceptors (Lipinski definition) is 6. The van der Waals surface area contributed by atoms with Gasteiger partial charge < -0.3 is 19.7 Å². The number of benzene rings is 4. The summed E-state index contributed by atoms with van der Waals surface area (Å²) in [4.78, 5) is 28.8. The number of likely N-dealkylation sites (N-methyl/N-ethyl adjacent to an activating group) is 1. The first-order chi connectivity index (χ1) is 21.6. The Morgan fingerprint density at radius 1 is 0.867 bits per heavy atom. The van der Waals surface area contributed by atoms with Crippen LogP contribution >= 0.6 is 11.6 Å². The lowest BCUT2D eigenvalue weighted by Gasteiger charge is -2.33. The fourth-order valence-electron chi connectivity index (χ4n) is 4.75. The number of rotatable bonds is 13. The first-order valence-electron chi connectivity index (χ1n) is 13.9. The monoisotopic (exact) mass is 653 g/mol. The number of nitrogens with zero attached hydrogens (tertiary/aromatic N) is 2. The van der Waals surface area contributed by atoms with E-state index < -0.39 is 40.2 Å². The maximum Gasteiger partial charge on any atom is 0.264 e. The molecular formula is C33H33ClFN3O6S. The molecule has 12 heteroatoms. The first kappa shape index (κ1) is 33.3. The molecule has 0 aliphatic rings. The molecule has 0 saturated carbocycles. The second kappa shape index (κ2) is 14.9. The Kier molecular flexibility index (Phi) is 11.0. The second-order valence-electron chi connectivity index (χ2n) is 9.97.